The third-order valence-electron chi connectivity index (χ3n) is 3.56. The number of nitrogens with zero attached hydrogens (tertiary/aromatic N) is 1. The van der Waals surface area contributed by atoms with Crippen molar-refractivity contribution >= 4 is 24.3 Å². The molecule has 2 aromatic rings. The van der Waals surface area contributed by atoms with E-state index in [1.54, 1.807) is 0 Å². The van der Waals surface area contributed by atoms with Gasteiger partial charge in [0.1, 0.15) is 0 Å². The molecule has 1 aliphatic heterocycles. The minimum Gasteiger partial charge on any atom is -0.428 e. The minimum absolute atomic E-state index is 0.613. The number of rotatable bonds is 3. The van der Waals surface area contributed by atoms with Crippen LogP contribution in [0.2, 0.25) is 0 Å². The van der Waals surface area contributed by atoms with Crippen LogP contribution in [0, 0.1) is 0 Å². The van der Waals surface area contributed by atoms with Crippen LogP contribution >= 0.6 is 0 Å². The van der Waals surface area contributed by atoms with E-state index in [0.29, 0.717) is 6.54 Å². The lowest BCUT2D eigenvalue weighted by molar-refractivity contribution is 0.580. The van der Waals surface area contributed by atoms with Crippen molar-refractivity contribution in [3.8, 4) is 0 Å². The zero-order valence-corrected chi connectivity index (χ0v) is 11.2. The number of benzene rings is 2. The van der Waals surface area contributed by atoms with Crippen LogP contribution in [0.25, 0.3) is 11.5 Å². The summed E-state index contributed by atoms with van der Waals surface area (Å²) >= 11 is 0. The standard InChI is InChI=1S/C17H16BNO/c1-2-12-19-17-11-7-6-10-15(17)13-16(18(19)20)14-8-4-3-5-9-14/h2-11,13,20H,1,12H2. The average molecular weight is 261 g/mol. The predicted octanol–water partition coefficient (Wildman–Crippen LogP) is 3.25. The van der Waals surface area contributed by atoms with E-state index in [0.717, 1.165) is 22.3 Å². The highest BCUT2D eigenvalue weighted by Crippen LogP contribution is 2.34. The van der Waals surface area contributed by atoms with Crippen LogP contribution in [0.4, 0.5) is 5.69 Å². The second kappa shape index (κ2) is 5.39. The Balaban J connectivity index is 2.12. The molecule has 0 saturated carbocycles. The summed E-state index contributed by atoms with van der Waals surface area (Å²) in [6, 6.07) is 18.1. The van der Waals surface area contributed by atoms with Crippen LogP contribution in [0.3, 0.4) is 0 Å². The van der Waals surface area contributed by atoms with Crippen LogP contribution < -0.4 is 4.81 Å². The second-order valence-corrected chi connectivity index (χ2v) is 4.84. The van der Waals surface area contributed by atoms with Crippen molar-refractivity contribution in [2.24, 2.45) is 0 Å². The lowest BCUT2D eigenvalue weighted by atomic mass is 9.64. The summed E-state index contributed by atoms with van der Waals surface area (Å²) in [4.78, 5) is 1.96. The molecule has 3 rings (SSSR count). The Labute approximate surface area is 119 Å². The monoisotopic (exact) mass is 261 g/mol. The fourth-order valence-electron chi connectivity index (χ4n) is 2.61. The fraction of sp³-hybridized carbons (Fsp3) is 0.0588. The Kier molecular flexibility index (Phi) is 3.44. The zero-order chi connectivity index (χ0) is 13.9. The van der Waals surface area contributed by atoms with Crippen molar-refractivity contribution in [3.05, 3.63) is 78.4 Å². The van der Waals surface area contributed by atoms with Crippen molar-refractivity contribution in [2.75, 3.05) is 11.4 Å². The molecule has 0 aromatic heterocycles. The van der Waals surface area contributed by atoms with Crippen LogP contribution in [0.15, 0.2) is 67.3 Å². The van der Waals surface area contributed by atoms with E-state index >= 15 is 0 Å². The zero-order valence-electron chi connectivity index (χ0n) is 11.2. The van der Waals surface area contributed by atoms with Gasteiger partial charge in [0.15, 0.2) is 0 Å². The summed E-state index contributed by atoms with van der Waals surface area (Å²) in [6.45, 7) is 4.40. The molecule has 2 nitrogen and oxygen atoms in total. The topological polar surface area (TPSA) is 23.5 Å². The lowest BCUT2D eigenvalue weighted by Gasteiger charge is -2.33. The molecule has 20 heavy (non-hydrogen) atoms. The number of hydrogen-bond acceptors (Lipinski definition) is 2. The molecule has 1 N–H and O–H groups in total. The van der Waals surface area contributed by atoms with Crippen molar-refractivity contribution in [1.29, 1.82) is 0 Å². The van der Waals surface area contributed by atoms with Gasteiger partial charge in [-0.05, 0) is 22.7 Å². The number of hydrogen-bond donors (Lipinski definition) is 1. The van der Waals surface area contributed by atoms with E-state index in [-0.39, 0.29) is 0 Å². The number of fused-ring (bicyclic) bond motifs is 1. The quantitative estimate of drug-likeness (QED) is 0.677. The van der Waals surface area contributed by atoms with Gasteiger partial charge in [-0.25, -0.2) is 0 Å². The molecular weight excluding hydrogens is 245 g/mol. The first-order valence-corrected chi connectivity index (χ1v) is 6.73. The summed E-state index contributed by atoms with van der Waals surface area (Å²) in [6.07, 6.45) is 3.88. The molecule has 3 heteroatoms. The molecule has 0 radical (unpaired) electrons. The molecular formula is C17H16BNO. The Bertz CT molecular complexity index is 651. The second-order valence-electron chi connectivity index (χ2n) is 4.84. The Morgan fingerprint density at radius 2 is 1.75 bits per heavy atom. The van der Waals surface area contributed by atoms with E-state index < -0.39 is 7.05 Å². The Morgan fingerprint density at radius 3 is 2.50 bits per heavy atom. The molecule has 0 atom stereocenters. The molecule has 98 valence electrons. The van der Waals surface area contributed by atoms with Crippen LogP contribution in [0.5, 0.6) is 0 Å². The highest BCUT2D eigenvalue weighted by Gasteiger charge is 2.31. The SMILES string of the molecule is C=CCN1B(O)C(c2ccccc2)=Cc2ccccc21. The third-order valence-corrected chi connectivity index (χ3v) is 3.56. The Hall–Kier alpha value is -2.26. The van der Waals surface area contributed by atoms with E-state index in [1.807, 2.05) is 59.4 Å². The first kappa shape index (κ1) is 12.8. The third kappa shape index (κ3) is 2.17. The lowest BCUT2D eigenvalue weighted by Crippen LogP contribution is -2.43. The molecule has 0 aliphatic carbocycles. The van der Waals surface area contributed by atoms with Crippen LogP contribution in [-0.4, -0.2) is 18.6 Å². The Morgan fingerprint density at radius 1 is 1.05 bits per heavy atom. The van der Waals surface area contributed by atoms with Gasteiger partial charge in [0.05, 0.1) is 0 Å². The minimum atomic E-state index is -0.648. The molecule has 0 bridgehead atoms. The van der Waals surface area contributed by atoms with E-state index in [2.05, 4.69) is 18.7 Å². The molecule has 0 amide bonds. The van der Waals surface area contributed by atoms with Gasteiger partial charge >= 0.3 is 7.05 Å². The summed E-state index contributed by atoms with van der Waals surface area (Å²) in [7, 11) is -0.648. The largest absolute Gasteiger partial charge is 0.450 e. The maximum Gasteiger partial charge on any atom is 0.450 e. The van der Waals surface area contributed by atoms with E-state index in [9.17, 15) is 5.02 Å². The van der Waals surface area contributed by atoms with Gasteiger partial charge in [-0.1, -0.05) is 60.7 Å². The maximum absolute atomic E-state index is 10.7. The first-order valence-electron chi connectivity index (χ1n) is 6.73. The smallest absolute Gasteiger partial charge is 0.428 e. The van der Waals surface area contributed by atoms with Crippen molar-refractivity contribution in [3.63, 3.8) is 0 Å². The normalized spacial score (nSPS) is 13.8. The predicted molar refractivity (Wildman–Crippen MR) is 86.3 cm³/mol. The molecule has 2 aromatic carbocycles. The van der Waals surface area contributed by atoms with Crippen LogP contribution in [0.1, 0.15) is 11.1 Å². The molecule has 1 heterocycles. The van der Waals surface area contributed by atoms with Gasteiger partial charge in [-0.3, -0.25) is 0 Å². The van der Waals surface area contributed by atoms with Crippen molar-refractivity contribution in [1.82, 2.24) is 0 Å². The maximum atomic E-state index is 10.7. The number of anilines is 1. The summed E-state index contributed by atoms with van der Waals surface area (Å²) in [5, 5.41) is 10.7. The van der Waals surface area contributed by atoms with Crippen LogP contribution in [-0.2, 0) is 0 Å². The highest BCUT2D eigenvalue weighted by molar-refractivity contribution is 6.78. The van der Waals surface area contributed by atoms with E-state index in [4.69, 9.17) is 0 Å². The van der Waals surface area contributed by atoms with Crippen molar-refractivity contribution < 1.29 is 5.02 Å². The summed E-state index contributed by atoms with van der Waals surface area (Å²) < 4.78 is 0. The first-order chi connectivity index (χ1) is 9.81. The average Bonchev–Trinajstić information content (AvgIpc) is 2.51. The molecule has 0 unspecified atom stereocenters. The van der Waals surface area contributed by atoms with Gasteiger partial charge < -0.3 is 9.83 Å². The highest BCUT2D eigenvalue weighted by atomic mass is 16.2. The van der Waals surface area contributed by atoms with Gasteiger partial charge in [-0.15, -0.1) is 6.58 Å². The van der Waals surface area contributed by atoms with Gasteiger partial charge in [0.25, 0.3) is 0 Å². The number of para-hydroxylation sites is 1. The molecule has 0 fully saturated rings. The summed E-state index contributed by atoms with van der Waals surface area (Å²) in [5.74, 6) is 0. The molecule has 0 saturated heterocycles. The van der Waals surface area contributed by atoms with Gasteiger partial charge in [0, 0.05) is 12.2 Å². The van der Waals surface area contributed by atoms with E-state index in [1.165, 1.54) is 0 Å². The fourth-order valence-corrected chi connectivity index (χ4v) is 2.61. The van der Waals surface area contributed by atoms with Gasteiger partial charge in [-0.2, -0.15) is 0 Å². The molecule has 1 aliphatic rings. The summed E-state index contributed by atoms with van der Waals surface area (Å²) in [5.41, 5.74) is 4.13. The molecule has 0 spiro atoms. The van der Waals surface area contributed by atoms with Crippen molar-refractivity contribution in [2.45, 2.75) is 0 Å². The van der Waals surface area contributed by atoms with Gasteiger partial charge in [0.2, 0.25) is 0 Å².